The Hall–Kier alpha value is -4.60. The predicted molar refractivity (Wildman–Crippen MR) is 141 cm³/mol. The van der Waals surface area contributed by atoms with Gasteiger partial charge in [-0.05, 0) is 46.5 Å². The smallest absolute Gasteiger partial charge is 0.269 e. The zero-order chi connectivity index (χ0) is 25.6. The Morgan fingerprint density at radius 2 is 1.76 bits per heavy atom. The van der Waals surface area contributed by atoms with Crippen LogP contribution >= 0.6 is 0 Å². The number of nitro benzene ring substituents is 1. The Kier molecular flexibility index (Phi) is 7.16. The maximum absolute atomic E-state index is 12.6. The number of nitrogens with one attached hydrogen (secondary N) is 3. The minimum absolute atomic E-state index is 0.00478. The number of benzene rings is 4. The SMILES string of the molecule is O=C(N/N=C/c1ccc([N+](=O)[O-])cc1)C1CC(c2ccccc2OCc2cccc3ccccc23)NN1. The van der Waals surface area contributed by atoms with Gasteiger partial charge in [-0.25, -0.2) is 16.3 Å². The maximum atomic E-state index is 12.6. The van der Waals surface area contributed by atoms with Crippen molar-refractivity contribution in [2.75, 3.05) is 0 Å². The molecule has 9 heteroatoms. The number of hydrogen-bond acceptors (Lipinski definition) is 7. The molecule has 1 aliphatic rings. The molecule has 0 aliphatic carbocycles. The summed E-state index contributed by atoms with van der Waals surface area (Å²) in [6.45, 7) is 0.430. The van der Waals surface area contributed by atoms with Gasteiger partial charge in [0.1, 0.15) is 18.4 Å². The average Bonchev–Trinajstić information content (AvgIpc) is 3.43. The number of hydrazone groups is 1. The molecule has 0 saturated carbocycles. The molecule has 5 rings (SSSR count). The topological polar surface area (TPSA) is 118 Å². The van der Waals surface area contributed by atoms with Gasteiger partial charge in [-0.1, -0.05) is 60.7 Å². The van der Waals surface area contributed by atoms with Gasteiger partial charge in [0.25, 0.3) is 11.6 Å². The molecule has 3 N–H and O–H groups in total. The Bertz CT molecular complexity index is 1450. The number of non-ortho nitro benzene ring substituents is 1. The van der Waals surface area contributed by atoms with Crippen molar-refractivity contribution < 1.29 is 14.5 Å². The number of rotatable bonds is 8. The molecular weight excluding hydrogens is 470 g/mol. The lowest BCUT2D eigenvalue weighted by Crippen LogP contribution is -2.41. The third kappa shape index (κ3) is 5.64. The molecule has 0 spiro atoms. The molecule has 0 bridgehead atoms. The molecule has 0 aromatic heterocycles. The quantitative estimate of drug-likeness (QED) is 0.190. The first-order valence-electron chi connectivity index (χ1n) is 11.9. The van der Waals surface area contributed by atoms with E-state index in [9.17, 15) is 14.9 Å². The summed E-state index contributed by atoms with van der Waals surface area (Å²) < 4.78 is 6.24. The second-order valence-electron chi connectivity index (χ2n) is 8.68. The lowest BCUT2D eigenvalue weighted by molar-refractivity contribution is -0.384. The van der Waals surface area contributed by atoms with Crippen LogP contribution in [0.5, 0.6) is 5.75 Å². The van der Waals surface area contributed by atoms with Crippen LogP contribution < -0.4 is 21.0 Å². The van der Waals surface area contributed by atoms with Crippen LogP contribution in [0, 0.1) is 10.1 Å². The zero-order valence-corrected chi connectivity index (χ0v) is 19.8. The van der Waals surface area contributed by atoms with Crippen LogP contribution in [0.3, 0.4) is 0 Å². The summed E-state index contributed by atoms with van der Waals surface area (Å²) in [5, 5.41) is 17.1. The first kappa shape index (κ1) is 24.1. The molecular formula is C28H25N5O4. The van der Waals surface area contributed by atoms with Crippen LogP contribution in [0.15, 0.2) is 96.1 Å². The van der Waals surface area contributed by atoms with Crippen molar-refractivity contribution in [3.05, 3.63) is 118 Å². The van der Waals surface area contributed by atoms with Crippen LogP contribution in [0.4, 0.5) is 5.69 Å². The number of carbonyl (C=O) groups is 1. The summed E-state index contributed by atoms with van der Waals surface area (Å²) in [5.74, 6) is 0.467. The monoisotopic (exact) mass is 495 g/mol. The van der Waals surface area contributed by atoms with Gasteiger partial charge in [0.2, 0.25) is 0 Å². The lowest BCUT2D eigenvalue weighted by Gasteiger charge is -2.16. The second-order valence-corrected chi connectivity index (χ2v) is 8.68. The van der Waals surface area contributed by atoms with Crippen molar-refractivity contribution in [1.29, 1.82) is 0 Å². The van der Waals surface area contributed by atoms with Crippen LogP contribution in [-0.2, 0) is 11.4 Å². The summed E-state index contributed by atoms with van der Waals surface area (Å²) in [6.07, 6.45) is 1.95. The first-order valence-corrected chi connectivity index (χ1v) is 11.9. The summed E-state index contributed by atoms with van der Waals surface area (Å²) in [7, 11) is 0. The number of hydrazine groups is 1. The van der Waals surface area contributed by atoms with Gasteiger partial charge >= 0.3 is 0 Å². The molecule has 2 atom stereocenters. The van der Waals surface area contributed by atoms with E-state index in [1.165, 1.54) is 23.7 Å². The summed E-state index contributed by atoms with van der Waals surface area (Å²) in [6, 6.07) is 27.5. The van der Waals surface area contributed by atoms with Gasteiger partial charge in [0, 0.05) is 17.7 Å². The molecule has 1 saturated heterocycles. The molecule has 1 fully saturated rings. The normalized spacial score (nSPS) is 17.2. The number of amides is 1. The third-order valence-electron chi connectivity index (χ3n) is 6.27. The number of para-hydroxylation sites is 1. The summed E-state index contributed by atoms with van der Waals surface area (Å²) in [4.78, 5) is 22.9. The Labute approximate surface area is 213 Å². The average molecular weight is 496 g/mol. The molecule has 37 heavy (non-hydrogen) atoms. The van der Waals surface area contributed by atoms with Crippen LogP contribution in [0.25, 0.3) is 10.8 Å². The van der Waals surface area contributed by atoms with Crippen LogP contribution in [0.1, 0.15) is 29.2 Å². The van der Waals surface area contributed by atoms with Gasteiger partial charge in [-0.15, -0.1) is 0 Å². The first-order chi connectivity index (χ1) is 18.1. The minimum Gasteiger partial charge on any atom is -0.489 e. The Morgan fingerprint density at radius 1 is 1.00 bits per heavy atom. The van der Waals surface area contributed by atoms with E-state index in [-0.39, 0.29) is 17.6 Å². The van der Waals surface area contributed by atoms with Gasteiger partial charge < -0.3 is 4.74 Å². The molecule has 1 heterocycles. The highest BCUT2D eigenvalue weighted by Gasteiger charge is 2.31. The minimum atomic E-state index is -0.495. The highest BCUT2D eigenvalue weighted by atomic mass is 16.6. The maximum Gasteiger partial charge on any atom is 0.269 e. The fraction of sp³-hybridized carbons (Fsp3) is 0.143. The third-order valence-corrected chi connectivity index (χ3v) is 6.27. The molecule has 4 aromatic carbocycles. The summed E-state index contributed by atoms with van der Waals surface area (Å²) in [5.41, 5.74) is 11.4. The molecule has 186 valence electrons. The van der Waals surface area contributed by atoms with E-state index in [1.807, 2.05) is 42.5 Å². The van der Waals surface area contributed by atoms with Crippen molar-refractivity contribution in [1.82, 2.24) is 16.3 Å². The second kappa shape index (κ2) is 11.0. The van der Waals surface area contributed by atoms with Crippen molar-refractivity contribution in [3.63, 3.8) is 0 Å². The Morgan fingerprint density at radius 3 is 2.59 bits per heavy atom. The van der Waals surface area contributed by atoms with Crippen LogP contribution in [-0.4, -0.2) is 23.1 Å². The Balaban J connectivity index is 1.20. The fourth-order valence-corrected chi connectivity index (χ4v) is 4.34. The molecule has 1 amide bonds. The standard InChI is InChI=1S/C28H25N5O4/c34-28(32-29-17-19-12-14-22(15-13-19)33(35)36)26-16-25(30-31-26)24-10-3-4-11-27(24)37-18-21-8-5-7-20-6-1-2-9-23(20)21/h1-15,17,25-26,30-31H,16,18H2,(H,32,34)/b29-17+. The van der Waals surface area contributed by atoms with Crippen molar-refractivity contribution in [2.45, 2.75) is 25.1 Å². The number of ether oxygens (including phenoxy) is 1. The zero-order valence-electron chi connectivity index (χ0n) is 19.8. The lowest BCUT2D eigenvalue weighted by atomic mass is 10.0. The number of carbonyl (C=O) groups excluding carboxylic acids is 1. The number of hydrogen-bond donors (Lipinski definition) is 3. The number of nitro groups is 1. The van der Waals surface area contributed by atoms with Gasteiger partial charge in [0.15, 0.2) is 0 Å². The largest absolute Gasteiger partial charge is 0.489 e. The molecule has 9 nitrogen and oxygen atoms in total. The van der Waals surface area contributed by atoms with E-state index in [1.54, 1.807) is 12.1 Å². The van der Waals surface area contributed by atoms with E-state index in [0.29, 0.717) is 18.6 Å². The van der Waals surface area contributed by atoms with E-state index in [2.05, 4.69) is 45.6 Å². The fourth-order valence-electron chi connectivity index (χ4n) is 4.34. The van der Waals surface area contributed by atoms with Gasteiger partial charge in [-0.3, -0.25) is 14.9 Å². The van der Waals surface area contributed by atoms with Crippen LogP contribution in [0.2, 0.25) is 0 Å². The van der Waals surface area contributed by atoms with E-state index in [4.69, 9.17) is 4.74 Å². The summed E-state index contributed by atoms with van der Waals surface area (Å²) >= 11 is 0. The van der Waals surface area contributed by atoms with E-state index in [0.717, 1.165) is 22.3 Å². The van der Waals surface area contributed by atoms with E-state index >= 15 is 0 Å². The van der Waals surface area contributed by atoms with Crippen molar-refractivity contribution in [2.24, 2.45) is 5.10 Å². The van der Waals surface area contributed by atoms with E-state index < -0.39 is 11.0 Å². The molecule has 0 radical (unpaired) electrons. The predicted octanol–water partition coefficient (Wildman–Crippen LogP) is 4.38. The molecule has 1 aliphatic heterocycles. The number of fused-ring (bicyclic) bond motifs is 1. The van der Waals surface area contributed by atoms with Crippen molar-refractivity contribution in [3.8, 4) is 5.75 Å². The number of nitrogens with zero attached hydrogens (tertiary/aromatic N) is 2. The van der Waals surface area contributed by atoms with Crippen molar-refractivity contribution >= 4 is 28.6 Å². The van der Waals surface area contributed by atoms with Gasteiger partial charge in [-0.2, -0.15) is 5.10 Å². The molecule has 4 aromatic rings. The van der Waals surface area contributed by atoms with Gasteiger partial charge in [0.05, 0.1) is 17.2 Å². The highest BCUT2D eigenvalue weighted by molar-refractivity contribution is 5.86. The molecule has 2 unspecified atom stereocenters. The highest BCUT2D eigenvalue weighted by Crippen LogP contribution is 2.31.